The lowest BCUT2D eigenvalue weighted by Crippen LogP contribution is -2.45. The molecule has 0 saturated carbocycles. The molecule has 118 valence electrons. The third-order valence-corrected chi connectivity index (χ3v) is 3.42. The first-order valence-corrected chi connectivity index (χ1v) is 7.60. The molecule has 21 heavy (non-hydrogen) atoms. The Kier molecular flexibility index (Phi) is 6.69. The van der Waals surface area contributed by atoms with Gasteiger partial charge in [-0.05, 0) is 36.1 Å². The van der Waals surface area contributed by atoms with E-state index >= 15 is 0 Å². The number of ether oxygens (including phenoxy) is 1. The van der Waals surface area contributed by atoms with E-state index in [0.717, 1.165) is 5.75 Å². The van der Waals surface area contributed by atoms with Gasteiger partial charge in [0.2, 0.25) is 5.91 Å². The number of aryl methyl sites for hydroxylation is 1. The molecule has 1 unspecified atom stereocenters. The molecule has 0 aliphatic carbocycles. The number of rotatable bonds is 8. The van der Waals surface area contributed by atoms with Crippen molar-refractivity contribution in [2.75, 3.05) is 6.61 Å². The second-order valence-corrected chi connectivity index (χ2v) is 6.09. The monoisotopic (exact) mass is 292 g/mol. The second-order valence-electron chi connectivity index (χ2n) is 6.09. The van der Waals surface area contributed by atoms with E-state index in [2.05, 4.69) is 32.2 Å². The molecule has 1 atom stereocenters. The van der Waals surface area contributed by atoms with Crippen molar-refractivity contribution in [2.24, 2.45) is 5.73 Å². The van der Waals surface area contributed by atoms with E-state index in [1.165, 1.54) is 11.1 Å². The summed E-state index contributed by atoms with van der Waals surface area (Å²) >= 11 is 0. The van der Waals surface area contributed by atoms with E-state index in [1.807, 2.05) is 26.0 Å². The SMILES string of the molecule is Cc1cc(OCCC(NC(C)C)C(N)=O)ccc1C(C)C. The van der Waals surface area contributed by atoms with Gasteiger partial charge in [0.25, 0.3) is 0 Å². The van der Waals surface area contributed by atoms with Crippen LogP contribution in [-0.2, 0) is 4.79 Å². The number of carbonyl (C=O) groups is 1. The molecule has 1 rings (SSSR count). The highest BCUT2D eigenvalue weighted by molar-refractivity contribution is 5.79. The van der Waals surface area contributed by atoms with Gasteiger partial charge in [0.15, 0.2) is 0 Å². The number of hydrogen-bond donors (Lipinski definition) is 2. The van der Waals surface area contributed by atoms with Gasteiger partial charge in [0, 0.05) is 12.5 Å². The molecule has 0 radical (unpaired) electrons. The quantitative estimate of drug-likeness (QED) is 0.774. The molecule has 0 aromatic heterocycles. The lowest BCUT2D eigenvalue weighted by atomic mass is 9.98. The summed E-state index contributed by atoms with van der Waals surface area (Å²) in [5, 5.41) is 3.15. The van der Waals surface area contributed by atoms with Crippen molar-refractivity contribution < 1.29 is 9.53 Å². The first-order valence-electron chi connectivity index (χ1n) is 7.60. The molecule has 0 fully saturated rings. The molecule has 1 aromatic rings. The first-order chi connectivity index (χ1) is 9.81. The minimum absolute atomic E-state index is 0.218. The number of primary amides is 1. The maximum Gasteiger partial charge on any atom is 0.234 e. The molecule has 1 amide bonds. The predicted molar refractivity (Wildman–Crippen MR) is 86.6 cm³/mol. The Morgan fingerprint density at radius 2 is 1.95 bits per heavy atom. The lowest BCUT2D eigenvalue weighted by molar-refractivity contribution is -0.120. The van der Waals surface area contributed by atoms with E-state index in [1.54, 1.807) is 0 Å². The number of nitrogens with two attached hydrogens (primary N) is 1. The predicted octanol–water partition coefficient (Wildman–Crippen LogP) is 2.74. The van der Waals surface area contributed by atoms with Gasteiger partial charge in [-0.2, -0.15) is 0 Å². The zero-order chi connectivity index (χ0) is 16.0. The lowest BCUT2D eigenvalue weighted by Gasteiger charge is -2.18. The molecule has 3 N–H and O–H groups in total. The van der Waals surface area contributed by atoms with Crippen molar-refractivity contribution >= 4 is 5.91 Å². The van der Waals surface area contributed by atoms with Gasteiger partial charge in [0.05, 0.1) is 12.6 Å². The van der Waals surface area contributed by atoms with Gasteiger partial charge in [-0.15, -0.1) is 0 Å². The molecule has 0 bridgehead atoms. The summed E-state index contributed by atoms with van der Waals surface area (Å²) in [5.41, 5.74) is 7.95. The largest absolute Gasteiger partial charge is 0.494 e. The molecule has 0 spiro atoms. The summed E-state index contributed by atoms with van der Waals surface area (Å²) in [6, 6.07) is 6.01. The molecular weight excluding hydrogens is 264 g/mol. The van der Waals surface area contributed by atoms with Crippen LogP contribution in [0, 0.1) is 6.92 Å². The van der Waals surface area contributed by atoms with Crippen LogP contribution in [0.25, 0.3) is 0 Å². The van der Waals surface area contributed by atoms with Gasteiger partial charge in [-0.1, -0.05) is 33.8 Å². The Bertz CT molecular complexity index is 470. The smallest absolute Gasteiger partial charge is 0.234 e. The highest BCUT2D eigenvalue weighted by Crippen LogP contribution is 2.23. The third-order valence-electron chi connectivity index (χ3n) is 3.42. The van der Waals surface area contributed by atoms with E-state index < -0.39 is 0 Å². The first kappa shape index (κ1) is 17.5. The molecule has 0 aliphatic heterocycles. The maximum atomic E-state index is 11.4. The minimum Gasteiger partial charge on any atom is -0.494 e. The summed E-state index contributed by atoms with van der Waals surface area (Å²) in [6.45, 7) is 10.9. The Hall–Kier alpha value is -1.55. The second kappa shape index (κ2) is 8.03. The highest BCUT2D eigenvalue weighted by atomic mass is 16.5. The van der Waals surface area contributed by atoms with Crippen LogP contribution in [0.2, 0.25) is 0 Å². The number of hydrogen-bond acceptors (Lipinski definition) is 3. The van der Waals surface area contributed by atoms with Crippen LogP contribution >= 0.6 is 0 Å². The molecule has 0 aliphatic rings. The van der Waals surface area contributed by atoms with Crippen molar-refractivity contribution in [1.82, 2.24) is 5.32 Å². The Morgan fingerprint density at radius 3 is 2.43 bits per heavy atom. The van der Waals surface area contributed by atoms with Gasteiger partial charge in [0.1, 0.15) is 5.75 Å². The molecule has 0 saturated heterocycles. The normalized spacial score (nSPS) is 12.7. The van der Waals surface area contributed by atoms with Crippen LogP contribution in [-0.4, -0.2) is 24.6 Å². The summed E-state index contributed by atoms with van der Waals surface area (Å²) in [4.78, 5) is 11.4. The molecular formula is C17H28N2O2. The zero-order valence-corrected chi connectivity index (χ0v) is 13.8. The average molecular weight is 292 g/mol. The van der Waals surface area contributed by atoms with E-state index in [0.29, 0.717) is 18.9 Å². The van der Waals surface area contributed by atoms with Crippen molar-refractivity contribution in [1.29, 1.82) is 0 Å². The Balaban J connectivity index is 2.55. The Labute approximate surface area is 128 Å². The fraction of sp³-hybridized carbons (Fsp3) is 0.588. The summed E-state index contributed by atoms with van der Waals surface area (Å²) in [5.74, 6) is 1.01. The van der Waals surface area contributed by atoms with Crippen molar-refractivity contribution in [2.45, 2.75) is 59.0 Å². The van der Waals surface area contributed by atoms with Crippen LogP contribution in [0.5, 0.6) is 5.75 Å². The van der Waals surface area contributed by atoms with Gasteiger partial charge < -0.3 is 15.8 Å². The van der Waals surface area contributed by atoms with Crippen LogP contribution in [0.4, 0.5) is 0 Å². The zero-order valence-electron chi connectivity index (χ0n) is 13.8. The molecule has 4 nitrogen and oxygen atoms in total. The topological polar surface area (TPSA) is 64.3 Å². The van der Waals surface area contributed by atoms with Crippen molar-refractivity contribution in [3.05, 3.63) is 29.3 Å². The summed E-state index contributed by atoms with van der Waals surface area (Å²) in [6.07, 6.45) is 0.568. The summed E-state index contributed by atoms with van der Waals surface area (Å²) < 4.78 is 5.74. The average Bonchev–Trinajstić information content (AvgIpc) is 2.36. The van der Waals surface area contributed by atoms with Crippen LogP contribution in [0.3, 0.4) is 0 Å². The van der Waals surface area contributed by atoms with E-state index in [4.69, 9.17) is 10.5 Å². The number of nitrogens with one attached hydrogen (secondary N) is 1. The number of benzene rings is 1. The van der Waals surface area contributed by atoms with E-state index in [9.17, 15) is 4.79 Å². The van der Waals surface area contributed by atoms with Crippen LogP contribution in [0.15, 0.2) is 18.2 Å². The summed E-state index contributed by atoms with van der Waals surface area (Å²) in [7, 11) is 0. The van der Waals surface area contributed by atoms with E-state index in [-0.39, 0.29) is 18.0 Å². The fourth-order valence-electron chi connectivity index (χ4n) is 2.39. The van der Waals surface area contributed by atoms with Crippen molar-refractivity contribution in [3.63, 3.8) is 0 Å². The fourth-order valence-corrected chi connectivity index (χ4v) is 2.39. The van der Waals surface area contributed by atoms with Gasteiger partial charge >= 0.3 is 0 Å². The van der Waals surface area contributed by atoms with Gasteiger partial charge in [-0.3, -0.25) is 4.79 Å². The van der Waals surface area contributed by atoms with Crippen LogP contribution < -0.4 is 15.8 Å². The maximum absolute atomic E-state index is 11.4. The van der Waals surface area contributed by atoms with Crippen LogP contribution in [0.1, 0.15) is 51.2 Å². The molecule has 1 aromatic carbocycles. The standard InChI is InChI=1S/C17H28N2O2/c1-11(2)15-7-6-14(10-13(15)5)21-9-8-16(17(18)20)19-12(3)4/h6-7,10-12,16,19H,8-9H2,1-5H3,(H2,18,20). The number of amides is 1. The Morgan fingerprint density at radius 1 is 1.29 bits per heavy atom. The third kappa shape index (κ3) is 5.76. The number of carbonyl (C=O) groups excluding carboxylic acids is 1. The molecule has 0 heterocycles. The molecule has 4 heteroatoms. The minimum atomic E-state index is -0.346. The van der Waals surface area contributed by atoms with Gasteiger partial charge in [-0.25, -0.2) is 0 Å². The van der Waals surface area contributed by atoms with Crippen molar-refractivity contribution in [3.8, 4) is 5.75 Å². The highest BCUT2D eigenvalue weighted by Gasteiger charge is 2.16.